The molecule has 0 aliphatic rings. The molecule has 3 nitrogen and oxygen atoms in total. The molecule has 0 rings (SSSR count). The molecule has 2 atom stereocenters. The molecule has 0 saturated heterocycles. The summed E-state index contributed by atoms with van der Waals surface area (Å²) in [4.78, 5) is 10.4. The Hall–Kier alpha value is -0.780. The molecule has 17 heavy (non-hydrogen) atoms. The largest absolute Gasteiger partial charge is 0.481 e. The summed E-state index contributed by atoms with van der Waals surface area (Å²) in [6.45, 7) is 5.64. The lowest BCUT2D eigenvalue weighted by molar-refractivity contribution is -0.185. The van der Waals surface area contributed by atoms with Crippen LogP contribution in [0.4, 0.5) is 13.2 Å². The summed E-state index contributed by atoms with van der Waals surface area (Å²) in [7, 11) is 0. The van der Waals surface area contributed by atoms with Gasteiger partial charge in [0.05, 0.1) is 12.3 Å². The van der Waals surface area contributed by atoms with Crippen LogP contribution in [-0.4, -0.2) is 23.3 Å². The Morgan fingerprint density at radius 1 is 1.29 bits per heavy atom. The lowest BCUT2D eigenvalue weighted by Gasteiger charge is -2.27. The highest BCUT2D eigenvalue weighted by atomic mass is 19.4. The first kappa shape index (κ1) is 16.2. The van der Waals surface area contributed by atoms with Crippen LogP contribution in [0.2, 0.25) is 0 Å². The summed E-state index contributed by atoms with van der Waals surface area (Å²) in [5.74, 6) is -3.31. The van der Waals surface area contributed by atoms with Gasteiger partial charge in [0.1, 0.15) is 0 Å². The number of alkyl halides is 3. The van der Waals surface area contributed by atoms with E-state index in [-0.39, 0.29) is 11.8 Å². The summed E-state index contributed by atoms with van der Waals surface area (Å²) < 4.78 is 37.7. The van der Waals surface area contributed by atoms with E-state index in [1.807, 2.05) is 20.8 Å². The van der Waals surface area contributed by atoms with Gasteiger partial charge < -0.3 is 10.8 Å². The first-order valence-electron chi connectivity index (χ1n) is 5.46. The van der Waals surface area contributed by atoms with Crippen LogP contribution in [0.25, 0.3) is 0 Å². The zero-order valence-electron chi connectivity index (χ0n) is 10.3. The quantitative estimate of drug-likeness (QED) is 0.794. The number of carbonyl (C=O) groups is 1. The minimum absolute atomic E-state index is 0.168. The maximum Gasteiger partial charge on any atom is 0.392 e. The molecule has 6 heteroatoms. The van der Waals surface area contributed by atoms with Crippen LogP contribution in [0.3, 0.4) is 0 Å². The maximum absolute atomic E-state index is 12.6. The van der Waals surface area contributed by atoms with Crippen LogP contribution < -0.4 is 5.73 Å². The van der Waals surface area contributed by atoms with Crippen LogP contribution in [0.5, 0.6) is 0 Å². The first-order chi connectivity index (χ1) is 7.42. The number of nitrogens with two attached hydrogens (primary N) is 1. The van der Waals surface area contributed by atoms with Crippen molar-refractivity contribution in [2.45, 2.75) is 52.3 Å². The number of carboxylic acids is 1. The van der Waals surface area contributed by atoms with E-state index in [1.165, 1.54) is 0 Å². The van der Waals surface area contributed by atoms with E-state index in [2.05, 4.69) is 0 Å². The standard InChI is InChI=1S/C11H20F3NO2/c1-10(2,3)6-8(15)4-7(5-9(16)17)11(12,13)14/h7-8H,4-6,15H2,1-3H3,(H,16,17)/t7-,8+/m0/s1. The molecule has 102 valence electrons. The number of carboxylic acid groups (broad SMARTS) is 1. The summed E-state index contributed by atoms with van der Waals surface area (Å²) in [6, 6.07) is -0.638. The molecule has 0 fully saturated rings. The molecule has 0 spiro atoms. The van der Waals surface area contributed by atoms with E-state index in [0.717, 1.165) is 0 Å². The number of halogens is 3. The Morgan fingerprint density at radius 3 is 2.06 bits per heavy atom. The van der Waals surface area contributed by atoms with Crippen molar-refractivity contribution in [3.8, 4) is 0 Å². The number of hydrogen-bond donors (Lipinski definition) is 2. The van der Waals surface area contributed by atoms with Gasteiger partial charge in [0.25, 0.3) is 0 Å². The fourth-order valence-corrected chi connectivity index (χ4v) is 1.78. The first-order valence-corrected chi connectivity index (χ1v) is 5.46. The van der Waals surface area contributed by atoms with Crippen molar-refractivity contribution in [1.29, 1.82) is 0 Å². The van der Waals surface area contributed by atoms with Gasteiger partial charge in [0, 0.05) is 6.04 Å². The van der Waals surface area contributed by atoms with E-state index >= 15 is 0 Å². The molecule has 0 aliphatic carbocycles. The predicted octanol–water partition coefficient (Wildman–Crippen LogP) is 2.79. The number of aliphatic carboxylic acids is 1. The Kier molecular flexibility index (Phi) is 5.45. The molecule has 0 aliphatic heterocycles. The van der Waals surface area contributed by atoms with E-state index < -0.39 is 30.5 Å². The van der Waals surface area contributed by atoms with Crippen LogP contribution in [0, 0.1) is 11.3 Å². The van der Waals surface area contributed by atoms with Gasteiger partial charge in [-0.25, -0.2) is 0 Å². The SMILES string of the molecule is CC(C)(C)C[C@H](N)C[C@@H](CC(=O)O)C(F)(F)F. The molecule has 0 aromatic rings. The topological polar surface area (TPSA) is 63.3 Å². The van der Waals surface area contributed by atoms with Gasteiger partial charge in [-0.1, -0.05) is 20.8 Å². The van der Waals surface area contributed by atoms with Gasteiger partial charge in [-0.05, 0) is 18.3 Å². The average molecular weight is 255 g/mol. The van der Waals surface area contributed by atoms with E-state index in [4.69, 9.17) is 10.8 Å². The monoisotopic (exact) mass is 255 g/mol. The fourth-order valence-electron chi connectivity index (χ4n) is 1.78. The Bertz CT molecular complexity index is 258. The summed E-state index contributed by atoms with van der Waals surface area (Å²) >= 11 is 0. The Balaban J connectivity index is 4.49. The average Bonchev–Trinajstić information content (AvgIpc) is 1.95. The zero-order valence-corrected chi connectivity index (χ0v) is 10.3. The van der Waals surface area contributed by atoms with Crippen molar-refractivity contribution in [1.82, 2.24) is 0 Å². The normalized spacial score (nSPS) is 16.6. The van der Waals surface area contributed by atoms with Gasteiger partial charge >= 0.3 is 12.1 Å². The highest BCUT2D eigenvalue weighted by Gasteiger charge is 2.41. The van der Waals surface area contributed by atoms with E-state index in [0.29, 0.717) is 6.42 Å². The molecule has 0 aromatic heterocycles. The minimum atomic E-state index is -4.51. The van der Waals surface area contributed by atoms with Gasteiger partial charge in [0.2, 0.25) is 0 Å². The highest BCUT2D eigenvalue weighted by molar-refractivity contribution is 5.67. The lowest BCUT2D eigenvalue weighted by Crippen LogP contribution is -2.35. The molecule has 0 aromatic carbocycles. The molecule has 0 radical (unpaired) electrons. The van der Waals surface area contributed by atoms with Gasteiger partial charge in [-0.2, -0.15) is 13.2 Å². The number of rotatable bonds is 5. The third-order valence-electron chi connectivity index (χ3n) is 2.35. The molecular formula is C11H20F3NO2. The second kappa shape index (κ2) is 5.71. The molecule has 0 unspecified atom stereocenters. The van der Waals surface area contributed by atoms with Crippen molar-refractivity contribution in [3.05, 3.63) is 0 Å². The summed E-state index contributed by atoms with van der Waals surface area (Å²) in [5.41, 5.74) is 5.47. The Morgan fingerprint density at radius 2 is 1.76 bits per heavy atom. The maximum atomic E-state index is 12.6. The van der Waals surface area contributed by atoms with Crippen molar-refractivity contribution in [3.63, 3.8) is 0 Å². The predicted molar refractivity (Wildman–Crippen MR) is 58.5 cm³/mol. The van der Waals surface area contributed by atoms with Crippen molar-refractivity contribution in [2.75, 3.05) is 0 Å². The van der Waals surface area contributed by atoms with Crippen molar-refractivity contribution in [2.24, 2.45) is 17.1 Å². The molecule has 0 saturated carbocycles. The fraction of sp³-hybridized carbons (Fsp3) is 0.909. The lowest BCUT2D eigenvalue weighted by atomic mass is 9.84. The highest BCUT2D eigenvalue weighted by Crippen LogP contribution is 2.34. The van der Waals surface area contributed by atoms with Crippen molar-refractivity contribution < 1.29 is 23.1 Å². The Labute approximate surface area is 99.2 Å². The summed E-state index contributed by atoms with van der Waals surface area (Å²) in [6.07, 6.45) is -5.33. The molecule has 3 N–H and O–H groups in total. The third kappa shape index (κ3) is 8.01. The molecule has 0 bridgehead atoms. The zero-order chi connectivity index (χ0) is 13.9. The second-order valence-corrected chi connectivity index (χ2v) is 5.60. The smallest absolute Gasteiger partial charge is 0.392 e. The number of hydrogen-bond acceptors (Lipinski definition) is 2. The van der Waals surface area contributed by atoms with Gasteiger partial charge in [-0.3, -0.25) is 4.79 Å². The van der Waals surface area contributed by atoms with Crippen LogP contribution in [-0.2, 0) is 4.79 Å². The van der Waals surface area contributed by atoms with E-state index in [1.54, 1.807) is 0 Å². The van der Waals surface area contributed by atoms with Crippen LogP contribution >= 0.6 is 0 Å². The third-order valence-corrected chi connectivity index (χ3v) is 2.35. The molecular weight excluding hydrogens is 235 g/mol. The molecule has 0 heterocycles. The second-order valence-electron chi connectivity index (χ2n) is 5.60. The minimum Gasteiger partial charge on any atom is -0.481 e. The van der Waals surface area contributed by atoms with Crippen LogP contribution in [0.15, 0.2) is 0 Å². The van der Waals surface area contributed by atoms with Crippen LogP contribution in [0.1, 0.15) is 40.0 Å². The summed E-state index contributed by atoms with van der Waals surface area (Å²) in [5, 5.41) is 8.45. The van der Waals surface area contributed by atoms with Crippen molar-refractivity contribution >= 4 is 5.97 Å². The molecule has 0 amide bonds. The van der Waals surface area contributed by atoms with Gasteiger partial charge in [-0.15, -0.1) is 0 Å². The van der Waals surface area contributed by atoms with E-state index in [9.17, 15) is 18.0 Å². The van der Waals surface area contributed by atoms with Gasteiger partial charge in [0.15, 0.2) is 0 Å².